The maximum absolute atomic E-state index is 9.42. The van der Waals surface area contributed by atoms with Gasteiger partial charge in [-0.25, -0.2) is 0 Å². The number of halogens is 1. The molecule has 2 fully saturated rings. The van der Waals surface area contributed by atoms with Crippen LogP contribution in [-0.2, 0) is 4.74 Å². The summed E-state index contributed by atoms with van der Waals surface area (Å²) in [7, 11) is 0. The Morgan fingerprint density at radius 3 is 2.82 bits per heavy atom. The molecule has 8 heteroatoms. The lowest BCUT2D eigenvalue weighted by Crippen LogP contribution is -2.43. The standard InChI is InChI=1S/C20H34N4O2S.HI/c1-2-21-19(23-15-20(7-11-25)8-12-26-16-20)22-14-17(18-6-5-13-27-18)24-9-3-4-10-24;/h5-6,13,17,25H,2-4,7-12,14-16H2,1H3,(H2,21,22,23);1H. The van der Waals surface area contributed by atoms with Crippen molar-refractivity contribution in [2.24, 2.45) is 10.4 Å². The first-order valence-corrected chi connectivity index (χ1v) is 11.1. The highest BCUT2D eigenvalue weighted by molar-refractivity contribution is 14.0. The summed E-state index contributed by atoms with van der Waals surface area (Å²) in [6.45, 7) is 8.49. The van der Waals surface area contributed by atoms with E-state index in [1.807, 2.05) is 11.3 Å². The van der Waals surface area contributed by atoms with Crippen molar-refractivity contribution in [3.05, 3.63) is 22.4 Å². The Balaban J connectivity index is 0.00000280. The van der Waals surface area contributed by atoms with Crippen LogP contribution in [0.25, 0.3) is 0 Å². The third-order valence-corrected chi connectivity index (χ3v) is 6.63. The van der Waals surface area contributed by atoms with Crippen LogP contribution in [0.1, 0.15) is 43.5 Å². The molecule has 160 valence electrons. The average molecular weight is 522 g/mol. The topological polar surface area (TPSA) is 69.1 Å². The van der Waals surface area contributed by atoms with Gasteiger partial charge in [0.2, 0.25) is 0 Å². The summed E-state index contributed by atoms with van der Waals surface area (Å²) in [5, 5.41) is 18.5. The molecule has 2 unspecified atom stereocenters. The second-order valence-electron chi connectivity index (χ2n) is 7.63. The summed E-state index contributed by atoms with van der Waals surface area (Å²) in [6, 6.07) is 4.78. The molecular formula is C20H35IN4O2S. The summed E-state index contributed by atoms with van der Waals surface area (Å²) in [5.74, 6) is 0.863. The van der Waals surface area contributed by atoms with E-state index in [1.165, 1.54) is 30.8 Å². The summed E-state index contributed by atoms with van der Waals surface area (Å²) >= 11 is 1.84. The fourth-order valence-corrected chi connectivity index (χ4v) is 4.87. The van der Waals surface area contributed by atoms with Gasteiger partial charge in [0.05, 0.1) is 19.2 Å². The molecule has 3 rings (SSSR count). The van der Waals surface area contributed by atoms with Gasteiger partial charge >= 0.3 is 0 Å². The molecule has 0 bridgehead atoms. The Bertz CT molecular complexity index is 573. The number of likely N-dealkylation sites (tertiary alicyclic amines) is 1. The van der Waals surface area contributed by atoms with E-state index in [-0.39, 0.29) is 36.0 Å². The average Bonchev–Trinajstić information content (AvgIpc) is 3.43. The van der Waals surface area contributed by atoms with E-state index in [0.29, 0.717) is 19.2 Å². The minimum atomic E-state index is -0.0147. The first kappa shape index (κ1) is 23.9. The predicted molar refractivity (Wildman–Crippen MR) is 127 cm³/mol. The SMILES string of the molecule is CCNC(=NCC1(CCO)CCOC1)NCC(c1cccs1)N1CCCC1.I. The first-order chi connectivity index (χ1) is 13.3. The smallest absolute Gasteiger partial charge is 0.191 e. The first-order valence-electron chi connectivity index (χ1n) is 10.2. The van der Waals surface area contributed by atoms with Gasteiger partial charge in [0.15, 0.2) is 5.96 Å². The molecule has 2 saturated heterocycles. The van der Waals surface area contributed by atoms with Gasteiger partial charge < -0.3 is 20.5 Å². The van der Waals surface area contributed by atoms with E-state index < -0.39 is 0 Å². The van der Waals surface area contributed by atoms with Crippen LogP contribution in [0.4, 0.5) is 0 Å². The number of aliphatic hydroxyl groups excluding tert-OH is 1. The van der Waals surface area contributed by atoms with Crippen molar-refractivity contribution in [2.75, 3.05) is 52.5 Å². The molecule has 0 spiro atoms. The predicted octanol–water partition coefficient (Wildman–Crippen LogP) is 2.85. The van der Waals surface area contributed by atoms with Crippen LogP contribution in [0.15, 0.2) is 22.5 Å². The van der Waals surface area contributed by atoms with Crippen molar-refractivity contribution in [3.8, 4) is 0 Å². The molecule has 0 radical (unpaired) electrons. The van der Waals surface area contributed by atoms with Crippen LogP contribution in [0.2, 0.25) is 0 Å². The summed E-state index contributed by atoms with van der Waals surface area (Å²) in [5.41, 5.74) is -0.0147. The molecule has 28 heavy (non-hydrogen) atoms. The second-order valence-corrected chi connectivity index (χ2v) is 8.61. The lowest BCUT2D eigenvalue weighted by molar-refractivity contribution is 0.131. The zero-order valence-electron chi connectivity index (χ0n) is 16.9. The van der Waals surface area contributed by atoms with Crippen molar-refractivity contribution < 1.29 is 9.84 Å². The van der Waals surface area contributed by atoms with Gasteiger partial charge in [0, 0.05) is 36.6 Å². The highest BCUT2D eigenvalue weighted by atomic mass is 127. The maximum Gasteiger partial charge on any atom is 0.191 e. The molecule has 0 aromatic carbocycles. The van der Waals surface area contributed by atoms with E-state index in [9.17, 15) is 5.11 Å². The minimum Gasteiger partial charge on any atom is -0.396 e. The van der Waals surface area contributed by atoms with E-state index >= 15 is 0 Å². The fourth-order valence-electron chi connectivity index (χ4n) is 4.01. The molecule has 0 amide bonds. The maximum atomic E-state index is 9.42. The Kier molecular flexibility index (Phi) is 10.5. The molecule has 2 aliphatic heterocycles. The van der Waals surface area contributed by atoms with Crippen LogP contribution >= 0.6 is 35.3 Å². The number of rotatable bonds is 9. The summed E-state index contributed by atoms with van der Waals surface area (Å²) in [4.78, 5) is 8.86. The monoisotopic (exact) mass is 522 g/mol. The van der Waals surface area contributed by atoms with Gasteiger partial charge in [0.25, 0.3) is 0 Å². The van der Waals surface area contributed by atoms with E-state index in [0.717, 1.165) is 38.5 Å². The highest BCUT2D eigenvalue weighted by Gasteiger charge is 2.34. The lowest BCUT2D eigenvalue weighted by atomic mass is 9.84. The van der Waals surface area contributed by atoms with Gasteiger partial charge in [-0.3, -0.25) is 9.89 Å². The number of aliphatic hydroxyl groups is 1. The third-order valence-electron chi connectivity index (χ3n) is 5.66. The number of thiophene rings is 1. The van der Waals surface area contributed by atoms with Crippen molar-refractivity contribution in [1.82, 2.24) is 15.5 Å². The molecule has 1 aromatic heterocycles. The molecule has 3 N–H and O–H groups in total. The molecule has 6 nitrogen and oxygen atoms in total. The van der Waals surface area contributed by atoms with Crippen LogP contribution in [0, 0.1) is 5.41 Å². The lowest BCUT2D eigenvalue weighted by Gasteiger charge is -2.28. The van der Waals surface area contributed by atoms with Gasteiger partial charge in [-0.15, -0.1) is 35.3 Å². The van der Waals surface area contributed by atoms with Crippen molar-refractivity contribution >= 4 is 41.3 Å². The number of ether oxygens (including phenoxy) is 1. The van der Waals surface area contributed by atoms with Crippen LogP contribution in [0.3, 0.4) is 0 Å². The van der Waals surface area contributed by atoms with Crippen LogP contribution in [-0.4, -0.2) is 68.5 Å². The Morgan fingerprint density at radius 2 is 2.21 bits per heavy atom. The summed E-state index contributed by atoms with van der Waals surface area (Å²) < 4.78 is 5.59. The van der Waals surface area contributed by atoms with Crippen LogP contribution < -0.4 is 10.6 Å². The Labute approximate surface area is 190 Å². The van der Waals surface area contributed by atoms with E-state index in [1.54, 1.807) is 0 Å². The van der Waals surface area contributed by atoms with Gasteiger partial charge in [-0.2, -0.15) is 0 Å². The van der Waals surface area contributed by atoms with Crippen molar-refractivity contribution in [1.29, 1.82) is 0 Å². The Hall–Kier alpha value is -0.420. The molecule has 1 aromatic rings. The van der Waals surface area contributed by atoms with Gasteiger partial charge in [-0.1, -0.05) is 6.07 Å². The highest BCUT2D eigenvalue weighted by Crippen LogP contribution is 2.32. The van der Waals surface area contributed by atoms with Crippen molar-refractivity contribution in [3.63, 3.8) is 0 Å². The summed E-state index contributed by atoms with van der Waals surface area (Å²) in [6.07, 6.45) is 4.31. The molecule has 0 aliphatic carbocycles. The van der Waals surface area contributed by atoms with Gasteiger partial charge in [0.1, 0.15) is 0 Å². The molecule has 2 aliphatic rings. The molecule has 3 heterocycles. The zero-order valence-corrected chi connectivity index (χ0v) is 20.0. The molecule has 2 atom stereocenters. The number of nitrogens with one attached hydrogen (secondary N) is 2. The zero-order chi connectivity index (χ0) is 19.0. The number of guanidine groups is 1. The minimum absolute atomic E-state index is 0. The fraction of sp³-hybridized carbons (Fsp3) is 0.750. The van der Waals surface area contributed by atoms with E-state index in [4.69, 9.17) is 9.73 Å². The quantitative estimate of drug-likeness (QED) is 0.265. The molecular weight excluding hydrogens is 487 g/mol. The third kappa shape index (κ3) is 6.55. The van der Waals surface area contributed by atoms with Crippen LogP contribution in [0.5, 0.6) is 0 Å². The largest absolute Gasteiger partial charge is 0.396 e. The van der Waals surface area contributed by atoms with Crippen molar-refractivity contribution in [2.45, 2.75) is 38.6 Å². The van der Waals surface area contributed by atoms with E-state index in [2.05, 4.69) is 40.0 Å². The number of hydrogen-bond acceptors (Lipinski definition) is 5. The molecule has 0 saturated carbocycles. The number of nitrogens with zero attached hydrogens (tertiary/aromatic N) is 2. The second kappa shape index (κ2) is 12.3. The number of aliphatic imine (C=N–C) groups is 1. The number of hydrogen-bond donors (Lipinski definition) is 3. The Morgan fingerprint density at radius 1 is 1.39 bits per heavy atom. The normalized spacial score (nSPS) is 24.1. The van der Waals surface area contributed by atoms with Gasteiger partial charge in [-0.05, 0) is 57.1 Å².